The number of nitrogens with one attached hydrogen (secondary N) is 1. The Labute approximate surface area is 67.2 Å². The standard InChI is InChI=1S/C7H5N3O2/c11-10(12)6-4-8-3-5-1-2-9-7(5)6/h1-4,9H. The van der Waals surface area contributed by atoms with Gasteiger partial charge < -0.3 is 4.98 Å². The Bertz CT molecular complexity index is 435. The van der Waals surface area contributed by atoms with Gasteiger partial charge >= 0.3 is 5.69 Å². The van der Waals surface area contributed by atoms with Crippen LogP contribution in [-0.2, 0) is 0 Å². The van der Waals surface area contributed by atoms with Crippen molar-refractivity contribution >= 4 is 16.6 Å². The normalized spacial score (nSPS) is 10.3. The van der Waals surface area contributed by atoms with Gasteiger partial charge in [-0.25, -0.2) is 0 Å². The van der Waals surface area contributed by atoms with Crippen molar-refractivity contribution in [1.82, 2.24) is 9.97 Å². The molecule has 0 saturated carbocycles. The molecule has 5 nitrogen and oxygen atoms in total. The van der Waals surface area contributed by atoms with Crippen molar-refractivity contribution in [2.45, 2.75) is 0 Å². The second-order valence-electron chi connectivity index (χ2n) is 2.36. The lowest BCUT2D eigenvalue weighted by Crippen LogP contribution is -1.89. The molecule has 2 aromatic heterocycles. The molecular formula is C7H5N3O2. The average molecular weight is 163 g/mol. The van der Waals surface area contributed by atoms with Crippen LogP contribution in [0.3, 0.4) is 0 Å². The molecule has 2 rings (SSSR count). The summed E-state index contributed by atoms with van der Waals surface area (Å²) in [5, 5.41) is 11.2. The topological polar surface area (TPSA) is 71.8 Å². The van der Waals surface area contributed by atoms with Crippen LogP contribution in [0, 0.1) is 10.1 Å². The smallest absolute Gasteiger partial charge is 0.311 e. The Balaban J connectivity index is 2.82. The molecule has 0 aliphatic carbocycles. The summed E-state index contributed by atoms with van der Waals surface area (Å²) in [7, 11) is 0. The molecule has 12 heavy (non-hydrogen) atoms. The molecule has 0 spiro atoms. The van der Waals surface area contributed by atoms with Gasteiger partial charge in [0.1, 0.15) is 11.7 Å². The largest absolute Gasteiger partial charge is 0.356 e. The fourth-order valence-electron chi connectivity index (χ4n) is 1.10. The van der Waals surface area contributed by atoms with Crippen molar-refractivity contribution < 1.29 is 4.92 Å². The van der Waals surface area contributed by atoms with Crippen LogP contribution in [0.5, 0.6) is 0 Å². The Morgan fingerprint density at radius 1 is 1.50 bits per heavy atom. The van der Waals surface area contributed by atoms with E-state index in [1.807, 2.05) is 0 Å². The highest BCUT2D eigenvalue weighted by Crippen LogP contribution is 2.21. The molecule has 0 fully saturated rings. The van der Waals surface area contributed by atoms with E-state index >= 15 is 0 Å². The van der Waals surface area contributed by atoms with Crippen LogP contribution in [-0.4, -0.2) is 14.9 Å². The molecule has 5 heteroatoms. The Morgan fingerprint density at radius 3 is 3.08 bits per heavy atom. The van der Waals surface area contributed by atoms with Crippen LogP contribution in [0.4, 0.5) is 5.69 Å². The van der Waals surface area contributed by atoms with Crippen LogP contribution in [0.1, 0.15) is 0 Å². The number of fused-ring (bicyclic) bond motifs is 1. The Morgan fingerprint density at radius 2 is 2.33 bits per heavy atom. The van der Waals surface area contributed by atoms with Gasteiger partial charge in [0.05, 0.1) is 4.92 Å². The lowest BCUT2D eigenvalue weighted by Gasteiger charge is -1.91. The molecule has 0 saturated heterocycles. The first-order valence-corrected chi connectivity index (χ1v) is 3.34. The highest BCUT2D eigenvalue weighted by Gasteiger charge is 2.11. The van der Waals surface area contributed by atoms with Crippen LogP contribution in [0.25, 0.3) is 10.9 Å². The summed E-state index contributed by atoms with van der Waals surface area (Å²) in [6.07, 6.45) is 4.47. The van der Waals surface area contributed by atoms with Crippen molar-refractivity contribution in [1.29, 1.82) is 0 Å². The predicted octanol–water partition coefficient (Wildman–Crippen LogP) is 1.47. The number of hydrogen-bond acceptors (Lipinski definition) is 3. The third-order valence-electron chi connectivity index (χ3n) is 1.64. The van der Waals surface area contributed by atoms with Crippen molar-refractivity contribution in [3.8, 4) is 0 Å². The van der Waals surface area contributed by atoms with Crippen LogP contribution in [0.15, 0.2) is 24.7 Å². The molecule has 0 radical (unpaired) electrons. The molecular weight excluding hydrogens is 158 g/mol. The zero-order chi connectivity index (χ0) is 8.55. The SMILES string of the molecule is O=[N+]([O-])c1cncc2cc[nH]c12. The molecule has 0 aliphatic rings. The van der Waals surface area contributed by atoms with Gasteiger partial charge in [0.2, 0.25) is 0 Å². The lowest BCUT2D eigenvalue weighted by atomic mass is 10.3. The van der Waals surface area contributed by atoms with Gasteiger partial charge in [-0.3, -0.25) is 15.1 Å². The zero-order valence-electron chi connectivity index (χ0n) is 6.02. The summed E-state index contributed by atoms with van der Waals surface area (Å²) in [6.45, 7) is 0. The summed E-state index contributed by atoms with van der Waals surface area (Å²) in [5.41, 5.74) is 0.535. The van der Waals surface area contributed by atoms with E-state index in [-0.39, 0.29) is 5.69 Å². The minimum absolute atomic E-state index is 0.0116. The van der Waals surface area contributed by atoms with E-state index in [2.05, 4.69) is 9.97 Å². The number of rotatable bonds is 1. The van der Waals surface area contributed by atoms with E-state index in [1.165, 1.54) is 6.20 Å². The molecule has 1 N–H and O–H groups in total. The Kier molecular flexibility index (Phi) is 1.30. The fraction of sp³-hybridized carbons (Fsp3) is 0. The molecule has 0 aromatic carbocycles. The zero-order valence-corrected chi connectivity index (χ0v) is 6.02. The summed E-state index contributed by atoms with van der Waals surface area (Å²) in [4.78, 5) is 16.5. The number of nitrogens with zero attached hydrogens (tertiary/aromatic N) is 2. The van der Waals surface area contributed by atoms with Gasteiger partial charge in [-0.15, -0.1) is 0 Å². The summed E-state index contributed by atoms with van der Waals surface area (Å²) in [6, 6.07) is 1.75. The number of hydrogen-bond donors (Lipinski definition) is 1. The maximum Gasteiger partial charge on any atom is 0.311 e. The predicted molar refractivity (Wildman–Crippen MR) is 42.7 cm³/mol. The van der Waals surface area contributed by atoms with Gasteiger partial charge in [0.15, 0.2) is 0 Å². The van der Waals surface area contributed by atoms with Crippen molar-refractivity contribution in [2.24, 2.45) is 0 Å². The third kappa shape index (κ3) is 0.833. The second-order valence-corrected chi connectivity index (χ2v) is 2.36. The molecule has 0 atom stereocenters. The third-order valence-corrected chi connectivity index (χ3v) is 1.64. The van der Waals surface area contributed by atoms with Crippen LogP contribution < -0.4 is 0 Å². The minimum atomic E-state index is -0.453. The average Bonchev–Trinajstić information content (AvgIpc) is 2.49. The molecule has 0 bridgehead atoms. The molecule has 0 amide bonds. The fourth-order valence-corrected chi connectivity index (χ4v) is 1.10. The number of nitro groups is 1. The quantitative estimate of drug-likeness (QED) is 0.511. The highest BCUT2D eigenvalue weighted by molar-refractivity contribution is 5.86. The summed E-state index contributed by atoms with van der Waals surface area (Å²) >= 11 is 0. The van der Waals surface area contributed by atoms with Gasteiger partial charge in [-0.1, -0.05) is 0 Å². The van der Waals surface area contributed by atoms with Crippen LogP contribution in [0.2, 0.25) is 0 Å². The minimum Gasteiger partial charge on any atom is -0.356 e. The van der Waals surface area contributed by atoms with Crippen molar-refractivity contribution in [3.63, 3.8) is 0 Å². The van der Waals surface area contributed by atoms with Gasteiger partial charge in [-0.2, -0.15) is 0 Å². The first kappa shape index (κ1) is 6.78. The monoisotopic (exact) mass is 163 g/mol. The number of H-pyrrole nitrogens is 1. The van der Waals surface area contributed by atoms with Crippen molar-refractivity contribution in [3.05, 3.63) is 34.8 Å². The maximum absolute atomic E-state index is 10.5. The Hall–Kier alpha value is -1.91. The first-order valence-electron chi connectivity index (χ1n) is 3.34. The number of aromatic nitrogens is 2. The second kappa shape index (κ2) is 2.30. The van der Waals surface area contributed by atoms with E-state index < -0.39 is 4.92 Å². The van der Waals surface area contributed by atoms with E-state index in [0.29, 0.717) is 5.52 Å². The van der Waals surface area contributed by atoms with E-state index in [4.69, 9.17) is 0 Å². The van der Waals surface area contributed by atoms with Gasteiger partial charge in [0, 0.05) is 17.8 Å². The van der Waals surface area contributed by atoms with Crippen LogP contribution >= 0.6 is 0 Å². The van der Waals surface area contributed by atoms with Gasteiger partial charge in [-0.05, 0) is 6.07 Å². The number of aromatic amines is 1. The molecule has 2 aromatic rings. The molecule has 2 heterocycles. The molecule has 60 valence electrons. The van der Waals surface area contributed by atoms with E-state index in [9.17, 15) is 10.1 Å². The summed E-state index contributed by atoms with van der Waals surface area (Å²) < 4.78 is 0. The maximum atomic E-state index is 10.5. The number of pyridine rings is 1. The molecule has 0 aliphatic heterocycles. The van der Waals surface area contributed by atoms with E-state index in [0.717, 1.165) is 5.39 Å². The first-order chi connectivity index (χ1) is 5.79. The highest BCUT2D eigenvalue weighted by atomic mass is 16.6. The van der Waals surface area contributed by atoms with Crippen molar-refractivity contribution in [2.75, 3.05) is 0 Å². The lowest BCUT2D eigenvalue weighted by molar-refractivity contribution is -0.383. The van der Waals surface area contributed by atoms with Gasteiger partial charge in [0.25, 0.3) is 0 Å². The summed E-state index contributed by atoms with van der Waals surface area (Å²) in [5.74, 6) is 0. The molecule has 0 unspecified atom stereocenters. The van der Waals surface area contributed by atoms with E-state index in [1.54, 1.807) is 18.5 Å².